The Hall–Kier alpha value is -3.44. The van der Waals surface area contributed by atoms with Gasteiger partial charge in [0.2, 0.25) is 11.9 Å². The maximum absolute atomic E-state index is 12.9. The van der Waals surface area contributed by atoms with Gasteiger partial charge in [-0.3, -0.25) is 14.5 Å². The minimum Gasteiger partial charge on any atom is -0.495 e. The highest BCUT2D eigenvalue weighted by molar-refractivity contribution is 5.97. The number of morpholine rings is 1. The van der Waals surface area contributed by atoms with Crippen LogP contribution in [0, 0.1) is 0 Å². The van der Waals surface area contributed by atoms with Crippen molar-refractivity contribution in [3.63, 3.8) is 0 Å². The van der Waals surface area contributed by atoms with E-state index in [9.17, 15) is 9.59 Å². The van der Waals surface area contributed by atoms with Crippen molar-refractivity contribution in [3.8, 4) is 5.75 Å². The fourth-order valence-electron chi connectivity index (χ4n) is 5.39. The Labute approximate surface area is 223 Å². The van der Waals surface area contributed by atoms with E-state index in [0.29, 0.717) is 54.2 Å². The van der Waals surface area contributed by atoms with Crippen LogP contribution in [0.2, 0.25) is 0 Å². The van der Waals surface area contributed by atoms with Crippen LogP contribution < -0.4 is 25.2 Å². The Morgan fingerprint density at radius 2 is 1.97 bits per heavy atom. The number of amides is 2. The first kappa shape index (κ1) is 26.2. The predicted octanol–water partition coefficient (Wildman–Crippen LogP) is 2.41. The van der Waals surface area contributed by atoms with Gasteiger partial charge in [0.25, 0.3) is 5.91 Å². The van der Waals surface area contributed by atoms with Crippen molar-refractivity contribution in [1.29, 1.82) is 0 Å². The molecular weight excluding hydrogens is 486 g/mol. The molecule has 3 aliphatic rings. The molecule has 0 bridgehead atoms. The van der Waals surface area contributed by atoms with Crippen molar-refractivity contribution < 1.29 is 19.1 Å². The van der Waals surface area contributed by atoms with Crippen molar-refractivity contribution in [2.45, 2.75) is 38.1 Å². The van der Waals surface area contributed by atoms with E-state index in [1.165, 1.54) is 12.8 Å². The first-order chi connectivity index (χ1) is 18.5. The van der Waals surface area contributed by atoms with E-state index in [4.69, 9.17) is 14.5 Å². The smallest absolute Gasteiger partial charge is 0.251 e. The molecule has 2 amide bonds. The monoisotopic (exact) mass is 523 g/mol. The minimum atomic E-state index is -0.153. The summed E-state index contributed by atoms with van der Waals surface area (Å²) in [7, 11) is 3.36. The number of rotatable bonds is 8. The number of anilines is 4. The fourth-order valence-corrected chi connectivity index (χ4v) is 5.39. The van der Waals surface area contributed by atoms with E-state index in [1.807, 2.05) is 0 Å². The van der Waals surface area contributed by atoms with E-state index in [-0.39, 0.29) is 11.8 Å². The van der Waals surface area contributed by atoms with Crippen molar-refractivity contribution in [2.75, 3.05) is 75.2 Å². The fraction of sp³-hybridized carbons (Fsp3) is 0.556. The third kappa shape index (κ3) is 5.83. The van der Waals surface area contributed by atoms with Crippen LogP contribution in [0.3, 0.4) is 0 Å². The second-order valence-corrected chi connectivity index (χ2v) is 9.99. The van der Waals surface area contributed by atoms with E-state index in [2.05, 4.69) is 25.4 Å². The summed E-state index contributed by atoms with van der Waals surface area (Å²) in [6, 6.07) is 5.63. The first-order valence-electron chi connectivity index (χ1n) is 13.5. The standard InChI is InChI=1S/C27H37N7O4/c1-32-22-18-29-27(31-25(22)34(11-9-24(32)35)20-5-3-4-6-20)30-21-17-19(7-8-23(21)37-2)26(36)28-10-12-33-13-15-38-16-14-33/h7-8,17-18,20H,3-6,9-16H2,1-2H3,(H,28,36)(H,29,30,31). The van der Waals surface area contributed by atoms with Crippen molar-refractivity contribution in [2.24, 2.45) is 0 Å². The minimum absolute atomic E-state index is 0.0602. The van der Waals surface area contributed by atoms with Crippen molar-refractivity contribution in [3.05, 3.63) is 30.0 Å². The molecule has 1 saturated carbocycles. The van der Waals surface area contributed by atoms with Gasteiger partial charge in [0.05, 0.1) is 32.2 Å². The highest BCUT2D eigenvalue weighted by atomic mass is 16.5. The molecule has 0 spiro atoms. The van der Waals surface area contributed by atoms with E-state index >= 15 is 0 Å². The Morgan fingerprint density at radius 1 is 1.18 bits per heavy atom. The van der Waals surface area contributed by atoms with Crippen molar-refractivity contribution in [1.82, 2.24) is 20.2 Å². The molecule has 2 N–H and O–H groups in total. The molecule has 2 fully saturated rings. The molecule has 1 aliphatic carbocycles. The summed E-state index contributed by atoms with van der Waals surface area (Å²) in [4.78, 5) is 41.1. The average Bonchev–Trinajstić information content (AvgIpc) is 3.44. The topological polar surface area (TPSA) is 112 Å². The zero-order valence-electron chi connectivity index (χ0n) is 22.2. The quantitative estimate of drug-likeness (QED) is 0.539. The maximum Gasteiger partial charge on any atom is 0.251 e. The summed E-state index contributed by atoms with van der Waals surface area (Å²) < 4.78 is 10.9. The lowest BCUT2D eigenvalue weighted by atomic mass is 10.1. The number of fused-ring (bicyclic) bond motifs is 1. The van der Waals surface area contributed by atoms with Crippen LogP contribution in [0.1, 0.15) is 42.5 Å². The summed E-state index contributed by atoms with van der Waals surface area (Å²) in [5.41, 5.74) is 1.83. The van der Waals surface area contributed by atoms with Crippen LogP contribution >= 0.6 is 0 Å². The predicted molar refractivity (Wildman–Crippen MR) is 146 cm³/mol. The van der Waals surface area contributed by atoms with Gasteiger partial charge in [-0.1, -0.05) is 12.8 Å². The molecule has 1 aromatic heterocycles. The van der Waals surface area contributed by atoms with Gasteiger partial charge < -0.3 is 29.9 Å². The lowest BCUT2D eigenvalue weighted by Crippen LogP contribution is -2.41. The third-order valence-corrected chi connectivity index (χ3v) is 7.62. The van der Waals surface area contributed by atoms with Crippen LogP contribution in [-0.4, -0.2) is 92.8 Å². The lowest BCUT2D eigenvalue weighted by molar-refractivity contribution is -0.118. The van der Waals surface area contributed by atoms with Gasteiger partial charge in [0, 0.05) is 57.8 Å². The van der Waals surface area contributed by atoms with Gasteiger partial charge in [-0.2, -0.15) is 4.98 Å². The number of nitrogens with zero attached hydrogens (tertiary/aromatic N) is 5. The number of ether oxygens (including phenoxy) is 2. The largest absolute Gasteiger partial charge is 0.495 e. The molecular formula is C27H37N7O4. The van der Waals surface area contributed by atoms with Crippen LogP contribution in [0.25, 0.3) is 0 Å². The van der Waals surface area contributed by atoms with Gasteiger partial charge in [-0.15, -0.1) is 0 Å². The summed E-state index contributed by atoms with van der Waals surface area (Å²) in [5, 5.41) is 6.26. The molecule has 5 rings (SSSR count). The van der Waals surface area contributed by atoms with Gasteiger partial charge in [-0.25, -0.2) is 4.98 Å². The zero-order chi connectivity index (χ0) is 26.5. The maximum atomic E-state index is 12.9. The number of aromatic nitrogens is 2. The Bertz CT molecular complexity index is 1150. The molecule has 11 heteroatoms. The van der Waals surface area contributed by atoms with Gasteiger partial charge in [0.1, 0.15) is 11.4 Å². The molecule has 1 aromatic carbocycles. The SMILES string of the molecule is COc1ccc(C(=O)NCCN2CCOCC2)cc1Nc1ncc2c(n1)N(C1CCCC1)CCC(=O)N2C. The molecule has 1 saturated heterocycles. The molecule has 38 heavy (non-hydrogen) atoms. The van der Waals surface area contributed by atoms with Gasteiger partial charge >= 0.3 is 0 Å². The number of benzene rings is 1. The molecule has 0 radical (unpaired) electrons. The molecule has 2 aliphatic heterocycles. The second-order valence-electron chi connectivity index (χ2n) is 9.99. The van der Waals surface area contributed by atoms with E-state index in [0.717, 1.165) is 51.5 Å². The summed E-state index contributed by atoms with van der Waals surface area (Å²) in [6.07, 6.45) is 6.72. The molecule has 0 atom stereocenters. The summed E-state index contributed by atoms with van der Waals surface area (Å²) in [5.74, 6) is 1.63. The summed E-state index contributed by atoms with van der Waals surface area (Å²) >= 11 is 0. The molecule has 0 unspecified atom stereocenters. The number of nitrogens with one attached hydrogen (secondary N) is 2. The normalized spacial score (nSPS) is 18.7. The first-order valence-corrected chi connectivity index (χ1v) is 13.5. The van der Waals surface area contributed by atoms with Crippen LogP contribution in [-0.2, 0) is 9.53 Å². The number of carbonyl (C=O) groups is 2. The molecule has 204 valence electrons. The number of hydrogen-bond acceptors (Lipinski definition) is 9. The van der Waals surface area contributed by atoms with Crippen molar-refractivity contribution >= 4 is 35.0 Å². The molecule has 3 heterocycles. The van der Waals surface area contributed by atoms with Gasteiger partial charge in [-0.05, 0) is 31.0 Å². The highest BCUT2D eigenvalue weighted by Crippen LogP contribution is 2.37. The lowest BCUT2D eigenvalue weighted by Gasteiger charge is -2.30. The number of carbonyl (C=O) groups excluding carboxylic acids is 2. The van der Waals surface area contributed by atoms with Crippen LogP contribution in [0.5, 0.6) is 5.75 Å². The van der Waals surface area contributed by atoms with E-state index in [1.54, 1.807) is 43.5 Å². The molecule has 2 aromatic rings. The molecule has 11 nitrogen and oxygen atoms in total. The Balaban J connectivity index is 1.34. The Kier molecular flexibility index (Phi) is 8.23. The third-order valence-electron chi connectivity index (χ3n) is 7.62. The van der Waals surface area contributed by atoms with E-state index < -0.39 is 0 Å². The second kappa shape index (κ2) is 12.0. The summed E-state index contributed by atoms with van der Waals surface area (Å²) in [6.45, 7) is 5.22. The number of hydrogen-bond donors (Lipinski definition) is 2. The Morgan fingerprint density at radius 3 is 2.74 bits per heavy atom. The zero-order valence-corrected chi connectivity index (χ0v) is 22.2. The van der Waals surface area contributed by atoms with Crippen LogP contribution in [0.4, 0.5) is 23.1 Å². The van der Waals surface area contributed by atoms with Crippen LogP contribution in [0.15, 0.2) is 24.4 Å². The highest BCUT2D eigenvalue weighted by Gasteiger charge is 2.31. The average molecular weight is 524 g/mol. The van der Waals surface area contributed by atoms with Gasteiger partial charge in [0.15, 0.2) is 5.82 Å². The number of methoxy groups -OCH3 is 1.